The Bertz CT molecular complexity index is 985. The number of nitrogens with zero attached hydrogens (tertiary/aromatic N) is 1. The maximum absolute atomic E-state index is 13.7. The number of nitrogens with one attached hydrogen (secondary N) is 2. The van der Waals surface area contributed by atoms with E-state index in [1.807, 2.05) is 6.92 Å². The second kappa shape index (κ2) is 12.8. The minimum Gasteiger partial charge on any atom is -0.497 e. The number of hydrogen-bond donors (Lipinski definition) is 2. The van der Waals surface area contributed by atoms with Crippen LogP contribution in [0.1, 0.15) is 67.6 Å². The normalized spacial score (nSPS) is 14.3. The average molecular weight is 486 g/mol. The zero-order chi connectivity index (χ0) is 25.2. The van der Waals surface area contributed by atoms with Crippen LogP contribution in [0.2, 0.25) is 0 Å². The molecule has 35 heavy (non-hydrogen) atoms. The van der Waals surface area contributed by atoms with Crippen LogP contribution in [-0.2, 0) is 9.59 Å². The Kier molecular flexibility index (Phi) is 9.57. The molecule has 1 saturated carbocycles. The summed E-state index contributed by atoms with van der Waals surface area (Å²) < 4.78 is 16.0. The predicted molar refractivity (Wildman–Crippen MR) is 130 cm³/mol. The van der Waals surface area contributed by atoms with E-state index in [2.05, 4.69) is 10.6 Å². The van der Waals surface area contributed by atoms with E-state index >= 15 is 0 Å². The van der Waals surface area contributed by atoms with Gasteiger partial charge in [0.1, 0.15) is 17.5 Å². The van der Waals surface area contributed by atoms with Gasteiger partial charge in [0.2, 0.25) is 11.8 Å². The fraction of sp³-hybridized carbons (Fsp3) is 0.500. The molecule has 1 heterocycles. The van der Waals surface area contributed by atoms with E-state index in [0.717, 1.165) is 32.1 Å². The maximum atomic E-state index is 13.7. The van der Waals surface area contributed by atoms with Crippen molar-refractivity contribution in [3.05, 3.63) is 47.9 Å². The zero-order valence-corrected chi connectivity index (χ0v) is 20.7. The highest BCUT2D eigenvalue weighted by molar-refractivity contribution is 5.95. The molecule has 3 rings (SSSR count). The Morgan fingerprint density at radius 3 is 2.54 bits per heavy atom. The van der Waals surface area contributed by atoms with Gasteiger partial charge in [0.25, 0.3) is 5.91 Å². The largest absolute Gasteiger partial charge is 0.497 e. The molecule has 1 fully saturated rings. The summed E-state index contributed by atoms with van der Waals surface area (Å²) in [4.78, 5) is 41.0. The lowest BCUT2D eigenvalue weighted by molar-refractivity contribution is -0.140. The van der Waals surface area contributed by atoms with Gasteiger partial charge in [0, 0.05) is 24.2 Å². The molecule has 9 nitrogen and oxygen atoms in total. The lowest BCUT2D eigenvalue weighted by Crippen LogP contribution is -2.49. The van der Waals surface area contributed by atoms with Gasteiger partial charge in [-0.15, -0.1) is 0 Å². The van der Waals surface area contributed by atoms with Crippen molar-refractivity contribution in [3.8, 4) is 11.5 Å². The highest BCUT2D eigenvalue weighted by Gasteiger charge is 2.35. The van der Waals surface area contributed by atoms with Crippen molar-refractivity contribution in [2.24, 2.45) is 0 Å². The van der Waals surface area contributed by atoms with E-state index in [4.69, 9.17) is 13.9 Å². The molecule has 0 unspecified atom stereocenters. The number of benzene rings is 1. The molecule has 0 spiro atoms. The summed E-state index contributed by atoms with van der Waals surface area (Å²) in [5, 5.41) is 5.73. The fourth-order valence-corrected chi connectivity index (χ4v) is 4.32. The first-order valence-electron chi connectivity index (χ1n) is 12.1. The van der Waals surface area contributed by atoms with Gasteiger partial charge in [0.05, 0.1) is 27.0 Å². The summed E-state index contributed by atoms with van der Waals surface area (Å²) >= 11 is 0. The highest BCUT2D eigenvalue weighted by atomic mass is 16.5. The van der Waals surface area contributed by atoms with Gasteiger partial charge in [-0.1, -0.05) is 26.2 Å². The molecule has 3 amide bonds. The molecule has 9 heteroatoms. The molecule has 1 aliphatic rings. The molecule has 0 radical (unpaired) electrons. The van der Waals surface area contributed by atoms with Crippen LogP contribution in [0.3, 0.4) is 0 Å². The third-order valence-corrected chi connectivity index (χ3v) is 6.21. The van der Waals surface area contributed by atoms with Crippen LogP contribution in [0.4, 0.5) is 0 Å². The zero-order valence-electron chi connectivity index (χ0n) is 20.7. The molecule has 0 saturated heterocycles. The second-order valence-electron chi connectivity index (χ2n) is 8.60. The topological polar surface area (TPSA) is 110 Å². The van der Waals surface area contributed by atoms with Gasteiger partial charge in [0.15, 0.2) is 5.76 Å². The maximum Gasteiger partial charge on any atom is 0.287 e. The molecule has 2 aromatic rings. The predicted octanol–water partition coefficient (Wildman–Crippen LogP) is 3.46. The smallest absolute Gasteiger partial charge is 0.287 e. The van der Waals surface area contributed by atoms with E-state index < -0.39 is 11.9 Å². The molecule has 1 aromatic carbocycles. The highest BCUT2D eigenvalue weighted by Crippen LogP contribution is 2.34. The van der Waals surface area contributed by atoms with E-state index in [1.165, 1.54) is 24.3 Å². The Balaban J connectivity index is 1.91. The van der Waals surface area contributed by atoms with E-state index in [1.54, 1.807) is 31.4 Å². The third-order valence-electron chi connectivity index (χ3n) is 6.21. The fourth-order valence-electron chi connectivity index (χ4n) is 4.32. The molecule has 2 N–H and O–H groups in total. The van der Waals surface area contributed by atoms with Crippen molar-refractivity contribution in [1.29, 1.82) is 0 Å². The Hall–Kier alpha value is -3.49. The van der Waals surface area contributed by atoms with Gasteiger partial charge in [-0.25, -0.2) is 0 Å². The minimum atomic E-state index is -0.920. The van der Waals surface area contributed by atoms with Crippen LogP contribution >= 0.6 is 0 Å². The monoisotopic (exact) mass is 485 g/mol. The number of unbranched alkanes of at least 4 members (excludes halogenated alkanes) is 1. The summed E-state index contributed by atoms with van der Waals surface area (Å²) in [6.45, 7) is 2.10. The molecular formula is C26H35N3O6. The number of rotatable bonds is 12. The summed E-state index contributed by atoms with van der Waals surface area (Å²) in [5.41, 5.74) is 0.561. The van der Waals surface area contributed by atoms with Crippen molar-refractivity contribution in [2.45, 2.75) is 57.5 Å². The summed E-state index contributed by atoms with van der Waals surface area (Å²) in [6, 6.07) is 7.48. The number of carbonyl (C=O) groups excluding carboxylic acids is 3. The summed E-state index contributed by atoms with van der Waals surface area (Å²) in [6.07, 6.45) is 6.89. The molecule has 1 aromatic heterocycles. The van der Waals surface area contributed by atoms with Crippen LogP contribution in [0.5, 0.6) is 11.5 Å². The van der Waals surface area contributed by atoms with Gasteiger partial charge in [-0.3, -0.25) is 14.4 Å². The second-order valence-corrected chi connectivity index (χ2v) is 8.60. The number of amides is 3. The quantitative estimate of drug-likeness (QED) is 0.477. The minimum absolute atomic E-state index is 0.0797. The van der Waals surface area contributed by atoms with E-state index in [0.29, 0.717) is 30.0 Å². The summed E-state index contributed by atoms with van der Waals surface area (Å²) in [5.74, 6) is 0.0190. The van der Waals surface area contributed by atoms with Crippen LogP contribution < -0.4 is 20.1 Å². The van der Waals surface area contributed by atoms with Gasteiger partial charge in [-0.2, -0.15) is 0 Å². The van der Waals surface area contributed by atoms with Crippen LogP contribution in [0.15, 0.2) is 41.0 Å². The molecule has 0 bridgehead atoms. The Labute approximate surface area is 206 Å². The van der Waals surface area contributed by atoms with Crippen LogP contribution in [0.25, 0.3) is 0 Å². The van der Waals surface area contributed by atoms with Gasteiger partial charge >= 0.3 is 0 Å². The molecule has 1 aliphatic carbocycles. The van der Waals surface area contributed by atoms with Gasteiger partial charge < -0.3 is 29.4 Å². The Morgan fingerprint density at radius 1 is 1.14 bits per heavy atom. The first-order valence-corrected chi connectivity index (χ1v) is 12.1. The van der Waals surface area contributed by atoms with Crippen LogP contribution in [-0.4, -0.2) is 56.0 Å². The number of hydrogen-bond acceptors (Lipinski definition) is 6. The number of methoxy groups -OCH3 is 2. The first-order chi connectivity index (χ1) is 17.0. The van der Waals surface area contributed by atoms with Crippen molar-refractivity contribution in [3.63, 3.8) is 0 Å². The Morgan fingerprint density at radius 2 is 1.91 bits per heavy atom. The van der Waals surface area contributed by atoms with Gasteiger partial charge in [-0.05, 0) is 43.5 Å². The number of carbonyl (C=O) groups is 3. The standard InChI is InChI=1S/C26H35N3O6/c1-4-5-14-29(23(30)17-27-25(31)21-11-8-15-35-21)24(26(32)28-18-9-6-7-10-18)20-13-12-19(33-2)16-22(20)34-3/h8,11-13,15-16,18,24H,4-7,9-10,14,17H2,1-3H3,(H,27,31)(H,28,32)/t24-/m1/s1. The van der Waals surface area contributed by atoms with E-state index in [-0.39, 0.29) is 30.2 Å². The van der Waals surface area contributed by atoms with Crippen molar-refractivity contribution < 1.29 is 28.3 Å². The first kappa shape index (κ1) is 26.1. The van der Waals surface area contributed by atoms with E-state index in [9.17, 15) is 14.4 Å². The van der Waals surface area contributed by atoms with Crippen LogP contribution in [0, 0.1) is 0 Å². The number of furan rings is 1. The number of ether oxygens (including phenoxy) is 2. The van der Waals surface area contributed by atoms with Crippen molar-refractivity contribution in [2.75, 3.05) is 27.3 Å². The molecule has 190 valence electrons. The lowest BCUT2D eigenvalue weighted by Gasteiger charge is -2.33. The molecule has 1 atom stereocenters. The average Bonchev–Trinajstić information content (AvgIpc) is 3.59. The molecule has 0 aliphatic heterocycles. The SMILES string of the molecule is CCCCN(C(=O)CNC(=O)c1ccco1)[C@@H](C(=O)NC1CCCC1)c1ccc(OC)cc1OC. The lowest BCUT2D eigenvalue weighted by atomic mass is 10.0. The van der Waals surface area contributed by atoms with Crippen molar-refractivity contribution >= 4 is 17.7 Å². The molecular weight excluding hydrogens is 450 g/mol. The summed E-state index contributed by atoms with van der Waals surface area (Å²) in [7, 11) is 3.07. The third kappa shape index (κ3) is 6.77. The van der Waals surface area contributed by atoms with Crippen molar-refractivity contribution in [1.82, 2.24) is 15.5 Å².